The average molecular weight is 406 g/mol. The molecule has 0 saturated carbocycles. The number of thiophene rings is 1. The Bertz CT molecular complexity index is 996. The second-order valence-corrected chi connectivity index (χ2v) is 8.37. The van der Waals surface area contributed by atoms with Crippen LogP contribution in [0.25, 0.3) is 10.2 Å². The molecule has 1 aromatic carbocycles. The molecule has 1 amide bonds. The maximum atomic E-state index is 12.9. The van der Waals surface area contributed by atoms with Crippen molar-refractivity contribution < 1.29 is 9.18 Å². The van der Waals surface area contributed by atoms with Gasteiger partial charge >= 0.3 is 0 Å². The van der Waals surface area contributed by atoms with Crippen molar-refractivity contribution in [3.05, 3.63) is 51.9 Å². The van der Waals surface area contributed by atoms with E-state index in [4.69, 9.17) is 0 Å². The summed E-state index contributed by atoms with van der Waals surface area (Å²) in [5, 5.41) is 5.11. The number of halogens is 1. The van der Waals surface area contributed by atoms with Gasteiger partial charge in [0.1, 0.15) is 10.5 Å². The molecule has 0 radical (unpaired) electrons. The fourth-order valence-corrected chi connectivity index (χ4v) is 4.08. The summed E-state index contributed by atoms with van der Waals surface area (Å²) < 4.78 is 15.2. The zero-order chi connectivity index (χ0) is 19.4. The normalized spacial score (nSPS) is 11.3. The SMILES string of the molecule is CC(C)CCn1c(SCC(=O)Nc2ccc(F)cc2)nc2ccsc2c1=O. The molecule has 0 bridgehead atoms. The molecule has 2 heterocycles. The number of rotatable bonds is 7. The number of anilines is 1. The lowest BCUT2D eigenvalue weighted by Gasteiger charge is -2.13. The fourth-order valence-electron chi connectivity index (χ4n) is 2.48. The van der Waals surface area contributed by atoms with Crippen LogP contribution < -0.4 is 10.9 Å². The van der Waals surface area contributed by atoms with Crippen LogP contribution in [0.15, 0.2) is 45.7 Å². The first-order valence-electron chi connectivity index (χ1n) is 8.60. The van der Waals surface area contributed by atoms with Gasteiger partial charge in [-0.3, -0.25) is 14.2 Å². The van der Waals surface area contributed by atoms with E-state index in [1.807, 2.05) is 11.4 Å². The van der Waals surface area contributed by atoms with Crippen LogP contribution in [0.5, 0.6) is 0 Å². The number of thioether (sulfide) groups is 1. The van der Waals surface area contributed by atoms with E-state index in [0.29, 0.717) is 33.5 Å². The van der Waals surface area contributed by atoms with Gasteiger partial charge in [-0.05, 0) is 48.1 Å². The van der Waals surface area contributed by atoms with Gasteiger partial charge in [0.25, 0.3) is 5.56 Å². The van der Waals surface area contributed by atoms with Gasteiger partial charge in [-0.15, -0.1) is 11.3 Å². The summed E-state index contributed by atoms with van der Waals surface area (Å²) in [4.78, 5) is 29.6. The number of nitrogens with zero attached hydrogens (tertiary/aromatic N) is 2. The monoisotopic (exact) mass is 405 g/mol. The first kappa shape index (κ1) is 19.6. The molecule has 0 spiro atoms. The molecule has 8 heteroatoms. The molecule has 1 N–H and O–H groups in total. The zero-order valence-corrected chi connectivity index (χ0v) is 16.7. The van der Waals surface area contributed by atoms with Crippen molar-refractivity contribution in [2.24, 2.45) is 5.92 Å². The molecule has 27 heavy (non-hydrogen) atoms. The summed E-state index contributed by atoms with van der Waals surface area (Å²) in [6.07, 6.45) is 0.855. The highest BCUT2D eigenvalue weighted by Gasteiger charge is 2.14. The first-order chi connectivity index (χ1) is 12.9. The molecule has 0 atom stereocenters. The highest BCUT2D eigenvalue weighted by Crippen LogP contribution is 2.22. The molecule has 3 rings (SSSR count). The number of carbonyl (C=O) groups excluding carboxylic acids is 1. The molecule has 0 fully saturated rings. The quantitative estimate of drug-likeness (QED) is 0.468. The van der Waals surface area contributed by atoms with E-state index in [1.54, 1.807) is 4.57 Å². The van der Waals surface area contributed by atoms with Gasteiger partial charge in [-0.25, -0.2) is 9.37 Å². The first-order valence-corrected chi connectivity index (χ1v) is 10.5. The lowest BCUT2D eigenvalue weighted by Crippen LogP contribution is -2.24. The molecule has 0 aliphatic carbocycles. The van der Waals surface area contributed by atoms with Gasteiger partial charge in [-0.1, -0.05) is 25.6 Å². The van der Waals surface area contributed by atoms with Crippen LogP contribution in [0.1, 0.15) is 20.3 Å². The van der Waals surface area contributed by atoms with Crippen LogP contribution in [0.2, 0.25) is 0 Å². The smallest absolute Gasteiger partial charge is 0.272 e. The summed E-state index contributed by atoms with van der Waals surface area (Å²) in [5.41, 5.74) is 1.13. The van der Waals surface area contributed by atoms with Gasteiger partial charge in [0.15, 0.2) is 5.16 Å². The van der Waals surface area contributed by atoms with Crippen LogP contribution in [0.4, 0.5) is 10.1 Å². The Kier molecular flexibility index (Phi) is 6.28. The predicted molar refractivity (Wildman–Crippen MR) is 109 cm³/mol. The Morgan fingerprint density at radius 1 is 1.30 bits per heavy atom. The van der Waals surface area contributed by atoms with E-state index in [1.165, 1.54) is 47.4 Å². The van der Waals surface area contributed by atoms with Crippen molar-refractivity contribution in [1.82, 2.24) is 9.55 Å². The van der Waals surface area contributed by atoms with Gasteiger partial charge in [0, 0.05) is 12.2 Å². The summed E-state index contributed by atoms with van der Waals surface area (Å²) in [6.45, 7) is 4.77. The minimum Gasteiger partial charge on any atom is -0.325 e. The van der Waals surface area contributed by atoms with Crippen molar-refractivity contribution in [2.45, 2.75) is 32.0 Å². The van der Waals surface area contributed by atoms with Crippen LogP contribution >= 0.6 is 23.1 Å². The molecule has 142 valence electrons. The molecule has 2 aromatic heterocycles. The lowest BCUT2D eigenvalue weighted by atomic mass is 10.1. The number of nitrogens with one attached hydrogen (secondary N) is 1. The Morgan fingerprint density at radius 3 is 2.74 bits per heavy atom. The average Bonchev–Trinajstić information content (AvgIpc) is 3.10. The van der Waals surface area contributed by atoms with Crippen LogP contribution in [0, 0.1) is 11.7 Å². The molecule has 0 unspecified atom stereocenters. The summed E-state index contributed by atoms with van der Waals surface area (Å²) >= 11 is 2.62. The molecule has 0 aliphatic rings. The van der Waals surface area contributed by atoms with Crippen LogP contribution in [-0.2, 0) is 11.3 Å². The van der Waals surface area contributed by atoms with Gasteiger partial charge in [-0.2, -0.15) is 0 Å². The summed E-state index contributed by atoms with van der Waals surface area (Å²) in [7, 11) is 0. The second-order valence-electron chi connectivity index (χ2n) is 6.51. The molecular formula is C19H20FN3O2S2. The van der Waals surface area contributed by atoms with E-state index in [-0.39, 0.29) is 23.0 Å². The molecule has 0 aliphatic heterocycles. The number of carbonyl (C=O) groups is 1. The third-order valence-corrected chi connectivity index (χ3v) is 5.79. The van der Waals surface area contributed by atoms with Crippen molar-refractivity contribution in [3.8, 4) is 0 Å². The van der Waals surface area contributed by atoms with E-state index in [0.717, 1.165) is 6.42 Å². The van der Waals surface area contributed by atoms with Crippen LogP contribution in [0.3, 0.4) is 0 Å². The predicted octanol–water partition coefficient (Wildman–Crippen LogP) is 4.37. The molecule has 3 aromatic rings. The Morgan fingerprint density at radius 2 is 2.04 bits per heavy atom. The third kappa shape index (κ3) is 4.95. The maximum absolute atomic E-state index is 12.9. The Hall–Kier alpha value is -2.19. The lowest BCUT2D eigenvalue weighted by molar-refractivity contribution is -0.113. The number of hydrogen-bond donors (Lipinski definition) is 1. The van der Waals surface area contributed by atoms with E-state index < -0.39 is 0 Å². The van der Waals surface area contributed by atoms with Crippen molar-refractivity contribution in [3.63, 3.8) is 0 Å². The second kappa shape index (κ2) is 8.67. The van der Waals surface area contributed by atoms with Gasteiger partial charge in [0.2, 0.25) is 5.91 Å². The number of benzene rings is 1. The topological polar surface area (TPSA) is 64.0 Å². The highest BCUT2D eigenvalue weighted by molar-refractivity contribution is 7.99. The standard InChI is InChI=1S/C19H20FN3O2S2/c1-12(2)7-9-23-18(25)17-15(8-10-26-17)22-19(23)27-11-16(24)21-14-5-3-13(20)4-6-14/h3-6,8,10,12H,7,9,11H2,1-2H3,(H,21,24). The third-order valence-electron chi connectivity index (χ3n) is 3.92. The summed E-state index contributed by atoms with van der Waals surface area (Å²) in [6, 6.07) is 7.41. The van der Waals surface area contributed by atoms with Crippen molar-refractivity contribution in [1.29, 1.82) is 0 Å². The largest absolute Gasteiger partial charge is 0.325 e. The van der Waals surface area contributed by atoms with Crippen molar-refractivity contribution >= 4 is 44.9 Å². The minimum atomic E-state index is -0.357. The zero-order valence-electron chi connectivity index (χ0n) is 15.1. The van der Waals surface area contributed by atoms with Gasteiger partial charge < -0.3 is 5.32 Å². The van der Waals surface area contributed by atoms with E-state index in [9.17, 15) is 14.0 Å². The molecule has 0 saturated heterocycles. The Labute approximate surface area is 164 Å². The van der Waals surface area contributed by atoms with E-state index >= 15 is 0 Å². The molecule has 5 nitrogen and oxygen atoms in total. The molecular weight excluding hydrogens is 385 g/mol. The van der Waals surface area contributed by atoms with Crippen molar-refractivity contribution in [2.75, 3.05) is 11.1 Å². The fraction of sp³-hybridized carbons (Fsp3) is 0.316. The highest BCUT2D eigenvalue weighted by atomic mass is 32.2. The van der Waals surface area contributed by atoms with E-state index in [2.05, 4.69) is 24.1 Å². The minimum absolute atomic E-state index is 0.0582. The Balaban J connectivity index is 1.76. The number of hydrogen-bond acceptors (Lipinski definition) is 5. The number of fused-ring (bicyclic) bond motifs is 1. The van der Waals surface area contributed by atoms with Gasteiger partial charge in [0.05, 0.1) is 11.3 Å². The number of aromatic nitrogens is 2. The van der Waals surface area contributed by atoms with Crippen LogP contribution in [-0.4, -0.2) is 21.2 Å². The summed E-state index contributed by atoms with van der Waals surface area (Å²) in [5.74, 6) is -0.0248. The number of amides is 1. The maximum Gasteiger partial charge on any atom is 0.272 e.